The van der Waals surface area contributed by atoms with E-state index in [9.17, 15) is 0 Å². The number of thioether (sulfide) groups is 1. The maximum absolute atomic E-state index is 5.40. The van der Waals surface area contributed by atoms with E-state index in [2.05, 4.69) is 36.6 Å². The zero-order chi connectivity index (χ0) is 13.8. The van der Waals surface area contributed by atoms with Crippen LogP contribution in [0.2, 0.25) is 0 Å². The van der Waals surface area contributed by atoms with Gasteiger partial charge in [0.2, 0.25) is 0 Å². The molecule has 0 aliphatic heterocycles. The van der Waals surface area contributed by atoms with E-state index in [4.69, 9.17) is 5.84 Å². The molecule has 0 spiro atoms. The van der Waals surface area contributed by atoms with Gasteiger partial charge in [0.1, 0.15) is 11.6 Å². The van der Waals surface area contributed by atoms with Crippen molar-refractivity contribution in [1.29, 1.82) is 0 Å². The minimum absolute atomic E-state index is 0.579. The molecule has 5 nitrogen and oxygen atoms in total. The van der Waals surface area contributed by atoms with Crippen LogP contribution >= 0.6 is 27.7 Å². The molecule has 0 atom stereocenters. The summed E-state index contributed by atoms with van der Waals surface area (Å²) in [7, 11) is 0. The standard InChI is InChI=1S/C12H14BrN5S/c1-7-5-8(3-4-9(7)13)15-10-6-11(18-14)17-12(16-10)19-2/h3-6H,14H2,1-2H3,(H2,15,16,17,18). The Morgan fingerprint density at radius 3 is 2.58 bits per heavy atom. The van der Waals surface area contributed by atoms with Crippen LogP contribution in [0.3, 0.4) is 0 Å². The minimum Gasteiger partial charge on any atom is -0.340 e. The molecule has 0 bridgehead atoms. The molecule has 19 heavy (non-hydrogen) atoms. The highest BCUT2D eigenvalue weighted by molar-refractivity contribution is 9.10. The number of hydrogen-bond acceptors (Lipinski definition) is 6. The fourth-order valence-electron chi connectivity index (χ4n) is 1.52. The van der Waals surface area contributed by atoms with Crippen LogP contribution in [0.25, 0.3) is 0 Å². The molecule has 0 aliphatic rings. The first kappa shape index (κ1) is 14.1. The number of benzene rings is 1. The normalized spacial score (nSPS) is 10.3. The summed E-state index contributed by atoms with van der Waals surface area (Å²) in [5.74, 6) is 6.68. The summed E-state index contributed by atoms with van der Waals surface area (Å²) in [5, 5.41) is 3.90. The Bertz CT molecular complexity index is 568. The van der Waals surface area contributed by atoms with Gasteiger partial charge in [0, 0.05) is 16.2 Å². The number of aryl methyl sites for hydroxylation is 1. The summed E-state index contributed by atoms with van der Waals surface area (Å²) in [6.07, 6.45) is 1.92. The summed E-state index contributed by atoms with van der Waals surface area (Å²) < 4.78 is 1.08. The van der Waals surface area contributed by atoms with Crippen molar-refractivity contribution in [1.82, 2.24) is 9.97 Å². The minimum atomic E-state index is 0.579. The molecule has 1 heterocycles. The highest BCUT2D eigenvalue weighted by Gasteiger charge is 2.04. The second-order valence-corrected chi connectivity index (χ2v) is 5.49. The molecule has 0 radical (unpaired) electrons. The van der Waals surface area contributed by atoms with Crippen molar-refractivity contribution in [2.45, 2.75) is 12.1 Å². The van der Waals surface area contributed by atoms with Crippen LogP contribution in [0.15, 0.2) is 33.9 Å². The molecular formula is C12H14BrN5S. The average Bonchev–Trinajstić information content (AvgIpc) is 2.42. The summed E-state index contributed by atoms with van der Waals surface area (Å²) in [5.41, 5.74) is 4.66. The van der Waals surface area contributed by atoms with Crippen LogP contribution in [0.1, 0.15) is 5.56 Å². The number of hydrazine groups is 1. The summed E-state index contributed by atoms with van der Waals surface area (Å²) >= 11 is 4.94. The first-order valence-electron chi connectivity index (χ1n) is 5.55. The number of halogens is 1. The van der Waals surface area contributed by atoms with Gasteiger partial charge in [0.15, 0.2) is 5.16 Å². The predicted octanol–water partition coefficient (Wildman–Crippen LogP) is 3.30. The zero-order valence-electron chi connectivity index (χ0n) is 10.6. The van der Waals surface area contributed by atoms with E-state index in [-0.39, 0.29) is 0 Å². The third-order valence-electron chi connectivity index (χ3n) is 2.47. The second-order valence-electron chi connectivity index (χ2n) is 3.86. The van der Waals surface area contributed by atoms with Crippen LogP contribution < -0.4 is 16.6 Å². The summed E-state index contributed by atoms with van der Waals surface area (Å²) in [4.78, 5) is 8.59. The van der Waals surface area contributed by atoms with Crippen LogP contribution in [0.5, 0.6) is 0 Å². The maximum atomic E-state index is 5.40. The van der Waals surface area contributed by atoms with E-state index in [1.807, 2.05) is 31.4 Å². The first-order chi connectivity index (χ1) is 9.12. The van der Waals surface area contributed by atoms with Crippen molar-refractivity contribution in [3.8, 4) is 0 Å². The number of nitrogens with one attached hydrogen (secondary N) is 2. The lowest BCUT2D eigenvalue weighted by molar-refractivity contribution is 0.971. The Morgan fingerprint density at radius 2 is 1.95 bits per heavy atom. The average molecular weight is 340 g/mol. The van der Waals surface area contributed by atoms with Crippen LogP contribution in [-0.2, 0) is 0 Å². The molecule has 0 aliphatic carbocycles. The second kappa shape index (κ2) is 6.23. The Labute approximate surface area is 124 Å². The fraction of sp³-hybridized carbons (Fsp3) is 0.167. The number of anilines is 3. The van der Waals surface area contributed by atoms with E-state index in [1.165, 1.54) is 11.8 Å². The summed E-state index contributed by atoms with van der Waals surface area (Å²) in [6, 6.07) is 7.78. The number of aromatic nitrogens is 2. The Balaban J connectivity index is 2.29. The first-order valence-corrected chi connectivity index (χ1v) is 7.57. The molecule has 0 unspecified atom stereocenters. The molecule has 2 rings (SSSR count). The third-order valence-corrected chi connectivity index (χ3v) is 3.90. The van der Waals surface area contributed by atoms with Crippen molar-refractivity contribution < 1.29 is 0 Å². The lowest BCUT2D eigenvalue weighted by atomic mass is 10.2. The number of nitrogens with zero attached hydrogens (tertiary/aromatic N) is 2. The number of nitrogens with two attached hydrogens (primary N) is 1. The molecule has 0 fully saturated rings. The lowest BCUT2D eigenvalue weighted by Gasteiger charge is -2.10. The molecule has 0 saturated carbocycles. The largest absolute Gasteiger partial charge is 0.340 e. The molecule has 0 amide bonds. The van der Waals surface area contributed by atoms with Crippen molar-refractivity contribution in [2.24, 2.45) is 5.84 Å². The molecular weight excluding hydrogens is 326 g/mol. The summed E-state index contributed by atoms with van der Waals surface area (Å²) in [6.45, 7) is 2.04. The monoisotopic (exact) mass is 339 g/mol. The van der Waals surface area contributed by atoms with Crippen molar-refractivity contribution in [3.63, 3.8) is 0 Å². The quantitative estimate of drug-likeness (QED) is 0.343. The zero-order valence-corrected chi connectivity index (χ0v) is 13.0. The maximum Gasteiger partial charge on any atom is 0.191 e. The van der Waals surface area contributed by atoms with Gasteiger partial charge in [-0.3, -0.25) is 0 Å². The van der Waals surface area contributed by atoms with Gasteiger partial charge in [-0.25, -0.2) is 15.8 Å². The topological polar surface area (TPSA) is 75.9 Å². The predicted molar refractivity (Wildman–Crippen MR) is 83.8 cm³/mol. The van der Waals surface area contributed by atoms with Crippen LogP contribution in [0.4, 0.5) is 17.3 Å². The van der Waals surface area contributed by atoms with Crippen LogP contribution in [-0.4, -0.2) is 16.2 Å². The van der Waals surface area contributed by atoms with Crippen LogP contribution in [0, 0.1) is 6.92 Å². The van der Waals surface area contributed by atoms with E-state index in [0.29, 0.717) is 16.8 Å². The number of rotatable bonds is 4. The van der Waals surface area contributed by atoms with Crippen molar-refractivity contribution in [2.75, 3.05) is 17.0 Å². The fourth-order valence-corrected chi connectivity index (χ4v) is 2.15. The highest BCUT2D eigenvalue weighted by Crippen LogP contribution is 2.24. The molecule has 2 aromatic rings. The van der Waals surface area contributed by atoms with Gasteiger partial charge in [-0.05, 0) is 36.9 Å². The van der Waals surface area contributed by atoms with Gasteiger partial charge in [-0.2, -0.15) is 0 Å². The third kappa shape index (κ3) is 3.59. The smallest absolute Gasteiger partial charge is 0.191 e. The Kier molecular flexibility index (Phi) is 4.62. The molecule has 1 aromatic heterocycles. The number of hydrogen-bond donors (Lipinski definition) is 3. The molecule has 4 N–H and O–H groups in total. The van der Waals surface area contributed by atoms with Crippen molar-refractivity contribution in [3.05, 3.63) is 34.3 Å². The van der Waals surface area contributed by atoms with E-state index in [1.54, 1.807) is 6.07 Å². The Hall–Kier alpha value is -1.31. The molecule has 1 aromatic carbocycles. The molecule has 100 valence electrons. The van der Waals surface area contributed by atoms with E-state index in [0.717, 1.165) is 15.7 Å². The van der Waals surface area contributed by atoms with Crippen molar-refractivity contribution >= 4 is 45.0 Å². The lowest BCUT2D eigenvalue weighted by Crippen LogP contribution is -2.10. The highest BCUT2D eigenvalue weighted by atomic mass is 79.9. The SMILES string of the molecule is CSc1nc(NN)cc(Nc2ccc(Br)c(C)c2)n1. The van der Waals surface area contributed by atoms with Gasteiger partial charge in [0.25, 0.3) is 0 Å². The van der Waals surface area contributed by atoms with Gasteiger partial charge in [0.05, 0.1) is 0 Å². The Morgan fingerprint density at radius 1 is 1.21 bits per heavy atom. The molecule has 7 heteroatoms. The van der Waals surface area contributed by atoms with E-state index < -0.39 is 0 Å². The van der Waals surface area contributed by atoms with Gasteiger partial charge in [-0.15, -0.1) is 0 Å². The van der Waals surface area contributed by atoms with E-state index >= 15 is 0 Å². The molecule has 0 saturated heterocycles. The van der Waals surface area contributed by atoms with Gasteiger partial charge >= 0.3 is 0 Å². The van der Waals surface area contributed by atoms with Gasteiger partial charge < -0.3 is 10.7 Å². The van der Waals surface area contributed by atoms with Gasteiger partial charge in [-0.1, -0.05) is 27.7 Å². The number of nitrogen functional groups attached to an aromatic ring is 1.